The van der Waals surface area contributed by atoms with Crippen LogP contribution in [0.4, 0.5) is 0 Å². The molecule has 0 aliphatic rings. The third-order valence-corrected chi connectivity index (χ3v) is 10.3. The Hall–Kier alpha value is -2.06. The summed E-state index contributed by atoms with van der Waals surface area (Å²) in [6.45, 7) is 5.44. The van der Waals surface area contributed by atoms with Crippen LogP contribution in [0.3, 0.4) is 0 Å². The summed E-state index contributed by atoms with van der Waals surface area (Å²) in [6.07, 6.45) is 52.3. The largest absolute Gasteiger partial charge is 0.472 e. The predicted molar refractivity (Wildman–Crippen MR) is 242 cm³/mol. The lowest BCUT2D eigenvalue weighted by Crippen LogP contribution is -2.37. The van der Waals surface area contributed by atoms with E-state index in [1.807, 2.05) is 21.1 Å². The molecule has 8 nitrogen and oxygen atoms in total. The van der Waals surface area contributed by atoms with Crippen LogP contribution in [0.25, 0.3) is 0 Å². The van der Waals surface area contributed by atoms with Crippen LogP contribution in [0.1, 0.15) is 168 Å². The van der Waals surface area contributed by atoms with E-state index in [-0.39, 0.29) is 25.8 Å². The fourth-order valence-electron chi connectivity index (χ4n) is 5.79. The number of carbonyl (C=O) groups is 1. The molecule has 0 amide bonds. The van der Waals surface area contributed by atoms with Gasteiger partial charge in [-0.25, -0.2) is 4.57 Å². The van der Waals surface area contributed by atoms with Gasteiger partial charge in [0.05, 0.1) is 34.4 Å². The monoisotopic (exact) mass is 821 g/mol. The lowest BCUT2D eigenvalue weighted by molar-refractivity contribution is -0.870. The number of esters is 1. The van der Waals surface area contributed by atoms with Gasteiger partial charge in [-0.2, -0.15) is 0 Å². The second kappa shape index (κ2) is 40.7. The second-order valence-electron chi connectivity index (χ2n) is 16.1. The van der Waals surface area contributed by atoms with Crippen LogP contribution < -0.4 is 0 Å². The van der Waals surface area contributed by atoms with E-state index >= 15 is 0 Å². The number of hydrogen-bond acceptors (Lipinski definition) is 6. The standard InChI is InChI=1S/C48H86NO7P/c1-6-8-10-12-14-16-17-18-19-20-21-22-23-24-25-26-27-28-29-30-31-32-34-36-38-40-43-53-45-47(46-55-57(51,52)54-44-42-49(3,4)5)56-48(50)41-39-37-35-33-15-13-11-9-7-2/h8,10,14,16,18-19,21-22,24-25,27-28,47H,6-7,9,11-13,15,17,20,23,26,29-46H2,1-5H3/p+1/b10-8-,16-14-,19-18-,22-21-,25-24-,28-27-. The van der Waals surface area contributed by atoms with E-state index in [2.05, 4.69) is 86.8 Å². The maximum atomic E-state index is 12.6. The number of carbonyl (C=O) groups excluding carboxylic acids is 1. The van der Waals surface area contributed by atoms with Crippen molar-refractivity contribution in [3.8, 4) is 0 Å². The van der Waals surface area contributed by atoms with E-state index < -0.39 is 13.9 Å². The van der Waals surface area contributed by atoms with E-state index in [0.717, 1.165) is 77.0 Å². The van der Waals surface area contributed by atoms with Crippen molar-refractivity contribution in [1.29, 1.82) is 0 Å². The van der Waals surface area contributed by atoms with Crippen molar-refractivity contribution in [2.45, 2.75) is 174 Å². The highest BCUT2D eigenvalue weighted by molar-refractivity contribution is 7.47. The van der Waals surface area contributed by atoms with Gasteiger partial charge < -0.3 is 18.9 Å². The van der Waals surface area contributed by atoms with Crippen LogP contribution in [-0.2, 0) is 27.9 Å². The first-order chi connectivity index (χ1) is 27.6. The van der Waals surface area contributed by atoms with Gasteiger partial charge in [-0.3, -0.25) is 13.8 Å². The van der Waals surface area contributed by atoms with Crippen LogP contribution in [0, 0.1) is 0 Å². The third kappa shape index (κ3) is 44.9. The molecule has 0 rings (SSSR count). The van der Waals surface area contributed by atoms with Crippen LogP contribution in [0.2, 0.25) is 0 Å². The fraction of sp³-hybridized carbons (Fsp3) is 0.729. The van der Waals surface area contributed by atoms with Crippen LogP contribution in [0.15, 0.2) is 72.9 Å². The summed E-state index contributed by atoms with van der Waals surface area (Å²) in [6, 6.07) is 0. The molecular formula is C48H87NO7P+. The number of phosphoric acid groups is 1. The molecule has 0 spiro atoms. The molecular weight excluding hydrogens is 734 g/mol. The van der Waals surface area contributed by atoms with Crippen molar-refractivity contribution in [2.75, 3.05) is 54.1 Å². The van der Waals surface area contributed by atoms with E-state index in [9.17, 15) is 14.3 Å². The van der Waals surface area contributed by atoms with Crippen molar-refractivity contribution < 1.29 is 37.3 Å². The molecule has 2 unspecified atom stereocenters. The van der Waals surface area contributed by atoms with E-state index in [1.54, 1.807) is 0 Å². The van der Waals surface area contributed by atoms with Crippen molar-refractivity contribution in [1.82, 2.24) is 0 Å². The summed E-state index contributed by atoms with van der Waals surface area (Å²) in [4.78, 5) is 22.8. The first-order valence-corrected chi connectivity index (χ1v) is 24.2. The minimum absolute atomic E-state index is 0.0836. The molecule has 330 valence electrons. The van der Waals surface area contributed by atoms with Gasteiger partial charge in [0.15, 0.2) is 0 Å². The summed E-state index contributed by atoms with van der Waals surface area (Å²) in [5.74, 6) is -0.324. The van der Waals surface area contributed by atoms with E-state index in [0.29, 0.717) is 24.1 Å². The molecule has 0 aromatic rings. The molecule has 0 aliphatic carbocycles. The Labute approximate surface area is 351 Å². The summed E-state index contributed by atoms with van der Waals surface area (Å²) in [5, 5.41) is 0. The number of likely N-dealkylation sites (N-methyl/N-ethyl adjacent to an activating group) is 1. The summed E-state index contributed by atoms with van der Waals surface area (Å²) >= 11 is 0. The van der Waals surface area contributed by atoms with Gasteiger partial charge in [0.25, 0.3) is 0 Å². The zero-order chi connectivity index (χ0) is 42.0. The molecule has 2 atom stereocenters. The maximum Gasteiger partial charge on any atom is 0.472 e. The highest BCUT2D eigenvalue weighted by Crippen LogP contribution is 2.43. The molecule has 0 saturated heterocycles. The minimum Gasteiger partial charge on any atom is -0.457 e. The highest BCUT2D eigenvalue weighted by atomic mass is 31.2. The van der Waals surface area contributed by atoms with Crippen LogP contribution in [-0.4, -0.2) is 75.6 Å². The Morgan fingerprint density at radius 2 is 1.02 bits per heavy atom. The first-order valence-electron chi connectivity index (χ1n) is 22.7. The molecule has 0 radical (unpaired) electrons. The SMILES string of the molecule is CC/C=C\C/C=C\C/C=C\C/C=C\C/C=C\C/C=C\CCCCCCCCCOCC(COP(=O)(O)OCC[N+](C)(C)C)OC(=O)CCCCCCCCCCC. The number of allylic oxidation sites excluding steroid dienone is 12. The quantitative estimate of drug-likeness (QED) is 0.0216. The topological polar surface area (TPSA) is 91.3 Å². The zero-order valence-electron chi connectivity index (χ0n) is 37.3. The maximum absolute atomic E-state index is 12.6. The average Bonchev–Trinajstić information content (AvgIpc) is 3.16. The average molecular weight is 821 g/mol. The number of nitrogens with zero attached hydrogens (tertiary/aromatic N) is 1. The zero-order valence-corrected chi connectivity index (χ0v) is 38.2. The van der Waals surface area contributed by atoms with Crippen LogP contribution in [0.5, 0.6) is 0 Å². The molecule has 0 aliphatic heterocycles. The summed E-state index contributed by atoms with van der Waals surface area (Å²) in [5.41, 5.74) is 0. The number of hydrogen-bond donors (Lipinski definition) is 1. The predicted octanol–water partition coefficient (Wildman–Crippen LogP) is 13.5. The molecule has 1 N–H and O–H groups in total. The normalized spacial score (nSPS) is 14.4. The molecule has 0 saturated carbocycles. The molecule has 9 heteroatoms. The fourth-order valence-corrected chi connectivity index (χ4v) is 6.53. The molecule has 57 heavy (non-hydrogen) atoms. The summed E-state index contributed by atoms with van der Waals surface area (Å²) < 4.78 is 34.9. The molecule has 0 bridgehead atoms. The Bertz CT molecular complexity index is 1140. The summed E-state index contributed by atoms with van der Waals surface area (Å²) in [7, 11) is 1.65. The Balaban J connectivity index is 4.12. The van der Waals surface area contributed by atoms with Crippen molar-refractivity contribution >= 4 is 13.8 Å². The lowest BCUT2D eigenvalue weighted by atomic mass is 10.1. The van der Waals surface area contributed by atoms with E-state index in [1.165, 1.54) is 70.6 Å². The minimum atomic E-state index is -4.28. The number of rotatable bonds is 41. The number of ether oxygens (including phenoxy) is 2. The molecule has 0 fully saturated rings. The van der Waals surface area contributed by atoms with Gasteiger partial charge in [0.1, 0.15) is 19.3 Å². The van der Waals surface area contributed by atoms with Crippen molar-refractivity contribution in [3.63, 3.8) is 0 Å². The Kier molecular flexibility index (Phi) is 39.2. The van der Waals surface area contributed by atoms with Gasteiger partial charge in [-0.05, 0) is 64.2 Å². The highest BCUT2D eigenvalue weighted by Gasteiger charge is 2.26. The van der Waals surface area contributed by atoms with E-state index in [4.69, 9.17) is 18.5 Å². The van der Waals surface area contributed by atoms with Gasteiger partial charge in [0.2, 0.25) is 0 Å². The Morgan fingerprint density at radius 1 is 0.561 bits per heavy atom. The van der Waals surface area contributed by atoms with Crippen LogP contribution >= 0.6 is 7.82 Å². The third-order valence-electron chi connectivity index (χ3n) is 9.28. The molecule has 0 aromatic heterocycles. The number of unbranched alkanes of at least 4 members (excludes halogenated alkanes) is 15. The molecule has 0 aromatic carbocycles. The van der Waals surface area contributed by atoms with Gasteiger partial charge in [0, 0.05) is 13.0 Å². The van der Waals surface area contributed by atoms with Crippen molar-refractivity contribution in [2.24, 2.45) is 0 Å². The second-order valence-corrected chi connectivity index (χ2v) is 17.5. The van der Waals surface area contributed by atoms with Gasteiger partial charge in [-0.15, -0.1) is 0 Å². The Morgan fingerprint density at radius 3 is 1.53 bits per heavy atom. The smallest absolute Gasteiger partial charge is 0.457 e. The van der Waals surface area contributed by atoms with Gasteiger partial charge in [-0.1, -0.05) is 170 Å². The number of quaternary nitrogens is 1. The number of phosphoric ester groups is 1. The van der Waals surface area contributed by atoms with Gasteiger partial charge >= 0.3 is 13.8 Å². The molecule has 0 heterocycles. The van der Waals surface area contributed by atoms with Crippen molar-refractivity contribution in [3.05, 3.63) is 72.9 Å². The first kappa shape index (κ1) is 54.9. The lowest BCUT2D eigenvalue weighted by Gasteiger charge is -2.24.